The molecule has 3 heteroatoms. The predicted molar refractivity (Wildman–Crippen MR) is 70.1 cm³/mol. The first-order valence-corrected chi connectivity index (χ1v) is 7.67. The summed E-state index contributed by atoms with van der Waals surface area (Å²) in [6.07, 6.45) is 7.42. The molecule has 0 heterocycles. The van der Waals surface area contributed by atoms with Crippen molar-refractivity contribution in [1.29, 1.82) is 0 Å². The molecule has 2 rings (SSSR count). The molecular formula is C12H20INO. The minimum atomic E-state index is 0.330. The molecule has 2 fully saturated rings. The number of hydrogen-bond acceptors (Lipinski definition) is 1. The van der Waals surface area contributed by atoms with Crippen molar-refractivity contribution in [1.82, 2.24) is 5.32 Å². The van der Waals surface area contributed by atoms with Crippen molar-refractivity contribution in [3.8, 4) is 0 Å². The van der Waals surface area contributed by atoms with E-state index in [1.165, 1.54) is 36.5 Å². The Morgan fingerprint density at radius 2 is 1.87 bits per heavy atom. The number of halogens is 1. The lowest BCUT2D eigenvalue weighted by molar-refractivity contribution is -0.125. The van der Waals surface area contributed by atoms with E-state index in [4.69, 9.17) is 0 Å². The van der Waals surface area contributed by atoms with Crippen LogP contribution < -0.4 is 5.32 Å². The minimum absolute atomic E-state index is 0.330. The largest absolute Gasteiger partial charge is 0.356 e. The highest BCUT2D eigenvalue weighted by Crippen LogP contribution is 2.54. The topological polar surface area (TPSA) is 29.1 Å². The summed E-state index contributed by atoms with van der Waals surface area (Å²) in [7, 11) is 0. The second-order valence-corrected chi connectivity index (χ2v) is 6.04. The third-order valence-corrected chi connectivity index (χ3v) is 4.49. The van der Waals surface area contributed by atoms with Crippen LogP contribution >= 0.6 is 22.6 Å². The average molecular weight is 321 g/mol. The molecule has 1 amide bonds. The molecule has 0 aromatic rings. The van der Waals surface area contributed by atoms with Gasteiger partial charge in [-0.25, -0.2) is 0 Å². The zero-order valence-corrected chi connectivity index (χ0v) is 11.3. The lowest BCUT2D eigenvalue weighted by atomic mass is 10.0. The van der Waals surface area contributed by atoms with Crippen LogP contribution in [0, 0.1) is 17.8 Å². The van der Waals surface area contributed by atoms with E-state index in [1.54, 1.807) is 0 Å². The normalized spacial score (nSPS) is 32.5. The van der Waals surface area contributed by atoms with Gasteiger partial charge in [0.25, 0.3) is 0 Å². The van der Waals surface area contributed by atoms with Crippen molar-refractivity contribution in [2.45, 2.75) is 38.5 Å². The predicted octanol–water partition coefficient (Wildman–Crippen LogP) is 2.75. The quantitative estimate of drug-likeness (QED) is 0.455. The van der Waals surface area contributed by atoms with Gasteiger partial charge in [-0.2, -0.15) is 0 Å². The SMILES string of the molecule is O=C(NCCCCCI)C1CC2CC2C1. The van der Waals surface area contributed by atoms with E-state index in [0.717, 1.165) is 24.8 Å². The minimum Gasteiger partial charge on any atom is -0.356 e. The van der Waals surface area contributed by atoms with Crippen molar-refractivity contribution < 1.29 is 4.79 Å². The number of unbranched alkanes of at least 4 members (excludes halogenated alkanes) is 2. The Morgan fingerprint density at radius 1 is 1.13 bits per heavy atom. The van der Waals surface area contributed by atoms with Crippen molar-refractivity contribution in [2.24, 2.45) is 17.8 Å². The Morgan fingerprint density at radius 3 is 2.53 bits per heavy atom. The molecule has 2 aliphatic carbocycles. The van der Waals surface area contributed by atoms with Crippen LogP contribution in [0.15, 0.2) is 0 Å². The molecular weight excluding hydrogens is 301 g/mol. The zero-order chi connectivity index (χ0) is 10.7. The van der Waals surface area contributed by atoms with E-state index < -0.39 is 0 Å². The lowest BCUT2D eigenvalue weighted by Crippen LogP contribution is -2.30. The fraction of sp³-hybridized carbons (Fsp3) is 0.917. The summed E-state index contributed by atoms with van der Waals surface area (Å²) in [5.74, 6) is 2.52. The van der Waals surface area contributed by atoms with Gasteiger partial charge in [0.15, 0.2) is 0 Å². The Hall–Kier alpha value is 0.200. The molecule has 2 atom stereocenters. The van der Waals surface area contributed by atoms with E-state index in [-0.39, 0.29) is 0 Å². The summed E-state index contributed by atoms with van der Waals surface area (Å²) < 4.78 is 1.23. The lowest BCUT2D eigenvalue weighted by Gasteiger charge is -2.11. The first kappa shape index (κ1) is 11.7. The van der Waals surface area contributed by atoms with Crippen LogP contribution in [-0.2, 0) is 4.79 Å². The highest BCUT2D eigenvalue weighted by Gasteiger charge is 2.47. The van der Waals surface area contributed by atoms with E-state index in [9.17, 15) is 4.79 Å². The van der Waals surface area contributed by atoms with Crippen molar-refractivity contribution >= 4 is 28.5 Å². The van der Waals surface area contributed by atoms with E-state index >= 15 is 0 Å². The van der Waals surface area contributed by atoms with Crippen LogP contribution in [0.25, 0.3) is 0 Å². The van der Waals surface area contributed by atoms with E-state index in [2.05, 4.69) is 27.9 Å². The van der Waals surface area contributed by atoms with Crippen LogP contribution in [0.2, 0.25) is 0 Å². The average Bonchev–Trinajstić information content (AvgIpc) is 2.85. The Kier molecular flexibility index (Phi) is 4.29. The van der Waals surface area contributed by atoms with Gasteiger partial charge < -0.3 is 5.32 Å². The van der Waals surface area contributed by atoms with Crippen molar-refractivity contribution in [3.05, 3.63) is 0 Å². The highest BCUT2D eigenvalue weighted by molar-refractivity contribution is 14.1. The number of fused-ring (bicyclic) bond motifs is 1. The summed E-state index contributed by atoms with van der Waals surface area (Å²) in [4.78, 5) is 11.7. The molecule has 0 saturated heterocycles. The monoisotopic (exact) mass is 321 g/mol. The highest BCUT2D eigenvalue weighted by atomic mass is 127. The van der Waals surface area contributed by atoms with E-state index in [0.29, 0.717) is 11.8 Å². The molecule has 2 saturated carbocycles. The first-order chi connectivity index (χ1) is 7.31. The van der Waals surface area contributed by atoms with Crippen molar-refractivity contribution in [3.63, 3.8) is 0 Å². The van der Waals surface area contributed by atoms with E-state index in [1.807, 2.05) is 0 Å². The van der Waals surface area contributed by atoms with Gasteiger partial charge in [0, 0.05) is 12.5 Å². The summed E-state index contributed by atoms with van der Waals surface area (Å²) in [6, 6.07) is 0. The van der Waals surface area contributed by atoms with Gasteiger partial charge in [-0.3, -0.25) is 4.79 Å². The Balaban J connectivity index is 1.53. The maximum Gasteiger partial charge on any atom is 0.223 e. The summed E-state index contributed by atoms with van der Waals surface area (Å²) >= 11 is 2.40. The number of amides is 1. The summed E-state index contributed by atoms with van der Waals surface area (Å²) in [5, 5.41) is 3.08. The number of carbonyl (C=O) groups excluding carboxylic acids is 1. The maximum atomic E-state index is 11.7. The number of carbonyl (C=O) groups is 1. The molecule has 1 N–H and O–H groups in total. The molecule has 0 aromatic carbocycles. The second-order valence-electron chi connectivity index (χ2n) is 4.96. The third kappa shape index (κ3) is 3.33. The Labute approximate surface area is 106 Å². The van der Waals surface area contributed by atoms with Gasteiger partial charge in [0.1, 0.15) is 0 Å². The molecule has 2 aliphatic rings. The van der Waals surface area contributed by atoms with Gasteiger partial charge in [-0.15, -0.1) is 0 Å². The second kappa shape index (κ2) is 5.51. The van der Waals surface area contributed by atoms with Crippen LogP contribution in [0.3, 0.4) is 0 Å². The van der Waals surface area contributed by atoms with Crippen molar-refractivity contribution in [2.75, 3.05) is 11.0 Å². The molecule has 2 unspecified atom stereocenters. The molecule has 0 spiro atoms. The van der Waals surface area contributed by atoms with Crippen LogP contribution in [0.5, 0.6) is 0 Å². The summed E-state index contributed by atoms with van der Waals surface area (Å²) in [6.45, 7) is 0.890. The molecule has 0 radical (unpaired) electrons. The Bertz CT molecular complexity index is 222. The molecule has 0 aliphatic heterocycles. The number of hydrogen-bond donors (Lipinski definition) is 1. The van der Waals surface area contributed by atoms with Gasteiger partial charge in [-0.1, -0.05) is 29.0 Å². The molecule has 0 aromatic heterocycles. The van der Waals surface area contributed by atoms with Crippen LogP contribution in [0.1, 0.15) is 38.5 Å². The zero-order valence-electron chi connectivity index (χ0n) is 9.18. The van der Waals surface area contributed by atoms with Gasteiger partial charge in [0.2, 0.25) is 5.91 Å². The number of alkyl halides is 1. The number of rotatable bonds is 6. The van der Waals surface area contributed by atoms with Gasteiger partial charge in [0.05, 0.1) is 0 Å². The molecule has 15 heavy (non-hydrogen) atoms. The van der Waals surface area contributed by atoms with Crippen LogP contribution in [0.4, 0.5) is 0 Å². The fourth-order valence-corrected chi connectivity index (χ4v) is 3.22. The summed E-state index contributed by atoms with van der Waals surface area (Å²) in [5.41, 5.74) is 0. The first-order valence-electron chi connectivity index (χ1n) is 6.15. The molecule has 86 valence electrons. The van der Waals surface area contributed by atoms with Gasteiger partial charge >= 0.3 is 0 Å². The maximum absolute atomic E-state index is 11.7. The van der Waals surface area contributed by atoms with Gasteiger partial charge in [-0.05, 0) is 48.4 Å². The third-order valence-electron chi connectivity index (χ3n) is 3.72. The standard InChI is InChI=1S/C12H20INO/c13-4-2-1-3-5-14-12(15)11-7-9-6-10(9)8-11/h9-11H,1-8H2,(H,14,15). The molecule has 2 nitrogen and oxygen atoms in total. The fourth-order valence-electron chi connectivity index (χ4n) is 2.68. The molecule has 0 bridgehead atoms. The smallest absolute Gasteiger partial charge is 0.223 e. The van der Waals surface area contributed by atoms with Crippen LogP contribution in [-0.4, -0.2) is 16.9 Å². The number of nitrogens with one attached hydrogen (secondary N) is 1.